The lowest BCUT2D eigenvalue weighted by molar-refractivity contribution is -0.671. The van der Waals surface area contributed by atoms with Gasteiger partial charge in [-0.25, -0.2) is 18.3 Å². The Morgan fingerprint density at radius 3 is 1.12 bits per heavy atom. The van der Waals surface area contributed by atoms with Crippen LogP contribution in [0.3, 0.4) is 0 Å². The van der Waals surface area contributed by atoms with Crippen molar-refractivity contribution in [1.82, 2.24) is 9.13 Å². The third-order valence-electron chi connectivity index (χ3n) is 1.80. The lowest BCUT2D eigenvalue weighted by atomic mass is 10.9. The van der Waals surface area contributed by atoms with Crippen molar-refractivity contribution in [2.45, 2.75) is 0 Å². The van der Waals surface area contributed by atoms with Crippen LogP contribution in [0.5, 0.6) is 0 Å². The second-order valence-corrected chi connectivity index (χ2v) is 3.49. The van der Waals surface area contributed by atoms with Crippen LogP contribution in [-0.4, -0.2) is 9.13 Å². The molecule has 0 fully saturated rings. The van der Waals surface area contributed by atoms with Crippen LogP contribution in [0.1, 0.15) is 0 Å². The second kappa shape index (κ2) is 8.97. The molecule has 4 nitrogen and oxygen atoms in total. The molecule has 0 saturated heterocycles. The van der Waals surface area contributed by atoms with E-state index in [2.05, 4.69) is 0 Å². The van der Waals surface area contributed by atoms with Gasteiger partial charge in [0.05, 0.1) is 28.2 Å². The Balaban J connectivity index is 0. The molecule has 0 aliphatic rings. The van der Waals surface area contributed by atoms with Gasteiger partial charge in [-0.05, 0) is 0 Å². The topological polar surface area (TPSA) is 17.6 Å². The fourth-order valence-electron chi connectivity index (χ4n) is 1.15. The summed E-state index contributed by atoms with van der Waals surface area (Å²) < 4.78 is 8.00. The van der Waals surface area contributed by atoms with Crippen LogP contribution in [0.4, 0.5) is 0 Å². The van der Waals surface area contributed by atoms with Gasteiger partial charge in [0.2, 0.25) is 12.7 Å². The van der Waals surface area contributed by atoms with Crippen LogP contribution in [-0.2, 0) is 28.2 Å². The molecule has 0 spiro atoms. The normalized spacial score (nSPS) is 8.25. The van der Waals surface area contributed by atoms with Crippen molar-refractivity contribution in [2.24, 2.45) is 28.2 Å². The minimum Gasteiger partial charge on any atom is -1.00 e. The summed E-state index contributed by atoms with van der Waals surface area (Å²) in [5, 5.41) is 0. The van der Waals surface area contributed by atoms with Gasteiger partial charge >= 0.3 is 0 Å². The minimum absolute atomic E-state index is 0. The number of imidazole rings is 2. The van der Waals surface area contributed by atoms with Gasteiger partial charge in [-0.1, -0.05) is 0 Å². The lowest BCUT2D eigenvalue weighted by Crippen LogP contribution is -3.00. The smallest absolute Gasteiger partial charge is 0.243 e. The summed E-state index contributed by atoms with van der Waals surface area (Å²) in [6.07, 6.45) is 12.0. The molecule has 2 aromatic rings. The molecule has 2 heterocycles. The first-order chi connectivity index (χ1) is 6.58. The fourth-order valence-corrected chi connectivity index (χ4v) is 1.15. The van der Waals surface area contributed by atoms with E-state index in [1.807, 2.05) is 83.9 Å². The van der Waals surface area contributed by atoms with Crippen LogP contribution in [0, 0.1) is 0 Å². The number of rotatable bonds is 0. The van der Waals surface area contributed by atoms with Gasteiger partial charge in [0, 0.05) is 0 Å². The van der Waals surface area contributed by atoms with Crippen molar-refractivity contribution < 1.29 is 57.1 Å². The first-order valence-electron chi connectivity index (χ1n) is 4.52. The summed E-state index contributed by atoms with van der Waals surface area (Å²) in [6, 6.07) is 0. The van der Waals surface area contributed by atoms with Crippen LogP contribution >= 0.6 is 0 Å². The molecule has 0 aliphatic heterocycles. The number of hydrogen-bond acceptors (Lipinski definition) is 0. The van der Waals surface area contributed by atoms with E-state index in [0.29, 0.717) is 0 Å². The van der Waals surface area contributed by atoms with E-state index in [4.69, 9.17) is 0 Å². The molecule has 0 aliphatic carbocycles. The zero-order chi connectivity index (χ0) is 10.6. The highest BCUT2D eigenvalue weighted by atomic mass is 127. The summed E-state index contributed by atoms with van der Waals surface area (Å²) in [5.74, 6) is 0. The summed E-state index contributed by atoms with van der Waals surface area (Å²) in [6.45, 7) is 0. The van der Waals surface area contributed by atoms with E-state index in [9.17, 15) is 0 Å². The minimum atomic E-state index is 0. The summed E-state index contributed by atoms with van der Waals surface area (Å²) in [4.78, 5) is 0. The first kappa shape index (κ1) is 18.3. The average molecular weight is 448 g/mol. The Kier molecular flexibility index (Phi) is 10.2. The molecule has 0 amide bonds. The predicted octanol–water partition coefficient (Wildman–Crippen LogP) is -6.29. The standard InChI is InChI=1S/2C5H9N2.2HI/c2*1-6-3-4-7(2)5-6;;/h2*3-5H,1-2H3;2*1H/q2*+1;;/p-2. The maximum atomic E-state index is 2.00. The molecule has 0 radical (unpaired) electrons. The van der Waals surface area contributed by atoms with Gasteiger partial charge in [-0.3, -0.25) is 0 Å². The maximum Gasteiger partial charge on any atom is 0.243 e. The third-order valence-corrected chi connectivity index (χ3v) is 1.80. The van der Waals surface area contributed by atoms with Crippen molar-refractivity contribution in [3.05, 3.63) is 37.4 Å². The molecule has 2 aromatic heterocycles. The van der Waals surface area contributed by atoms with Gasteiger partial charge in [0.1, 0.15) is 24.8 Å². The Hall–Kier alpha value is -0.120. The molecule has 0 bridgehead atoms. The molecule has 6 heteroatoms. The molecule has 0 N–H and O–H groups in total. The Morgan fingerprint density at radius 1 is 0.750 bits per heavy atom. The Bertz CT molecular complexity index is 324. The van der Waals surface area contributed by atoms with Crippen LogP contribution in [0.2, 0.25) is 0 Å². The van der Waals surface area contributed by atoms with Crippen molar-refractivity contribution in [2.75, 3.05) is 0 Å². The van der Waals surface area contributed by atoms with E-state index < -0.39 is 0 Å². The first-order valence-corrected chi connectivity index (χ1v) is 4.52. The average Bonchev–Trinajstić information content (AvgIpc) is 2.63. The van der Waals surface area contributed by atoms with Gasteiger partial charge < -0.3 is 48.0 Å². The van der Waals surface area contributed by atoms with E-state index in [-0.39, 0.29) is 48.0 Å². The van der Waals surface area contributed by atoms with E-state index in [1.54, 1.807) is 0 Å². The molecular weight excluding hydrogens is 430 g/mol. The molecule has 92 valence electrons. The number of halogens is 2. The number of aryl methyl sites for hydroxylation is 4. The summed E-state index contributed by atoms with van der Waals surface area (Å²) in [7, 11) is 8.00. The molecule has 2 rings (SSSR count). The van der Waals surface area contributed by atoms with E-state index in [1.165, 1.54) is 0 Å². The number of hydrogen-bond donors (Lipinski definition) is 0. The highest BCUT2D eigenvalue weighted by Crippen LogP contribution is 1.71. The van der Waals surface area contributed by atoms with Crippen molar-refractivity contribution in [1.29, 1.82) is 0 Å². The Morgan fingerprint density at radius 2 is 1.06 bits per heavy atom. The van der Waals surface area contributed by atoms with Crippen molar-refractivity contribution in [3.63, 3.8) is 0 Å². The maximum absolute atomic E-state index is 2.00. The second-order valence-electron chi connectivity index (χ2n) is 3.49. The zero-order valence-electron chi connectivity index (χ0n) is 10.0. The van der Waals surface area contributed by atoms with Crippen LogP contribution in [0.25, 0.3) is 0 Å². The van der Waals surface area contributed by atoms with Gasteiger partial charge in [0.15, 0.2) is 0 Å². The molecule has 0 unspecified atom stereocenters. The summed E-state index contributed by atoms with van der Waals surface area (Å²) in [5.41, 5.74) is 0. The quantitative estimate of drug-likeness (QED) is 0.282. The molecule has 0 atom stereocenters. The van der Waals surface area contributed by atoms with Crippen LogP contribution < -0.4 is 57.1 Å². The number of nitrogens with zero attached hydrogens (tertiary/aromatic N) is 4. The van der Waals surface area contributed by atoms with Crippen molar-refractivity contribution >= 4 is 0 Å². The SMILES string of the molecule is Cn1cc[n+](C)c1.Cn1cc[n+](C)c1.[I-].[I-]. The van der Waals surface area contributed by atoms with Crippen LogP contribution in [0.15, 0.2) is 37.4 Å². The molecule has 0 aromatic carbocycles. The number of aromatic nitrogens is 4. The highest BCUT2D eigenvalue weighted by Gasteiger charge is 1.88. The lowest BCUT2D eigenvalue weighted by Gasteiger charge is -1.72. The Labute approximate surface area is 131 Å². The van der Waals surface area contributed by atoms with E-state index in [0.717, 1.165) is 0 Å². The molecule has 16 heavy (non-hydrogen) atoms. The molecule has 0 saturated carbocycles. The largest absolute Gasteiger partial charge is 1.00 e. The molecular formula is C10H18I2N4. The third kappa shape index (κ3) is 7.20. The van der Waals surface area contributed by atoms with Gasteiger partial charge in [-0.15, -0.1) is 0 Å². The fraction of sp³-hybridized carbons (Fsp3) is 0.400. The highest BCUT2D eigenvalue weighted by molar-refractivity contribution is 4.61. The zero-order valence-corrected chi connectivity index (χ0v) is 14.3. The predicted molar refractivity (Wildman–Crippen MR) is 53.2 cm³/mol. The summed E-state index contributed by atoms with van der Waals surface area (Å²) >= 11 is 0. The van der Waals surface area contributed by atoms with Gasteiger partial charge in [-0.2, -0.15) is 0 Å². The van der Waals surface area contributed by atoms with Crippen molar-refractivity contribution in [3.8, 4) is 0 Å². The monoisotopic (exact) mass is 448 g/mol. The van der Waals surface area contributed by atoms with E-state index >= 15 is 0 Å². The van der Waals surface area contributed by atoms with Gasteiger partial charge in [0.25, 0.3) is 0 Å².